The predicted octanol–water partition coefficient (Wildman–Crippen LogP) is 2.17. The van der Waals surface area contributed by atoms with E-state index >= 15 is 0 Å². The van der Waals surface area contributed by atoms with Crippen LogP contribution in [0.15, 0.2) is 34.0 Å². The third kappa shape index (κ3) is 3.13. The maximum Gasteiger partial charge on any atom is 0.282 e. The standard InChI is InChI=1S/C11H13BrN4O2S/c1-3-16-7-11(14-8(16)2)19(17,18)15-10-6-9(12)4-5-13-10/h4-7H,3H2,1-2H3,(H,13,15). The topological polar surface area (TPSA) is 76.9 Å². The van der Waals surface area contributed by atoms with Crippen molar-refractivity contribution in [3.8, 4) is 0 Å². The van der Waals surface area contributed by atoms with E-state index in [0.29, 0.717) is 12.4 Å². The quantitative estimate of drug-likeness (QED) is 0.921. The molecule has 0 radical (unpaired) electrons. The second-order valence-electron chi connectivity index (χ2n) is 3.88. The molecular formula is C11H13BrN4O2S. The molecule has 8 heteroatoms. The van der Waals surface area contributed by atoms with Gasteiger partial charge in [0.1, 0.15) is 11.6 Å². The number of hydrogen-bond acceptors (Lipinski definition) is 4. The SMILES string of the molecule is CCn1cc(S(=O)(=O)Nc2cc(Br)ccn2)nc1C. The van der Waals surface area contributed by atoms with Crippen LogP contribution in [-0.4, -0.2) is 23.0 Å². The zero-order chi connectivity index (χ0) is 14.0. The number of halogens is 1. The van der Waals surface area contributed by atoms with Crippen molar-refractivity contribution in [2.75, 3.05) is 4.72 Å². The third-order valence-corrected chi connectivity index (χ3v) is 4.25. The minimum Gasteiger partial charge on any atom is -0.334 e. The van der Waals surface area contributed by atoms with E-state index in [2.05, 4.69) is 30.6 Å². The second kappa shape index (κ2) is 5.30. The molecule has 2 heterocycles. The van der Waals surface area contributed by atoms with Crippen LogP contribution in [0.25, 0.3) is 0 Å². The van der Waals surface area contributed by atoms with Crippen LogP contribution in [0.2, 0.25) is 0 Å². The number of hydrogen-bond donors (Lipinski definition) is 1. The summed E-state index contributed by atoms with van der Waals surface area (Å²) in [7, 11) is -3.71. The smallest absolute Gasteiger partial charge is 0.282 e. The molecule has 102 valence electrons. The third-order valence-electron chi connectivity index (χ3n) is 2.53. The highest BCUT2D eigenvalue weighted by molar-refractivity contribution is 9.10. The number of pyridine rings is 1. The number of sulfonamides is 1. The van der Waals surface area contributed by atoms with Crippen LogP contribution in [0.5, 0.6) is 0 Å². The average molecular weight is 345 g/mol. The number of anilines is 1. The van der Waals surface area contributed by atoms with E-state index in [1.165, 1.54) is 12.4 Å². The number of imidazole rings is 1. The van der Waals surface area contributed by atoms with Crippen LogP contribution in [-0.2, 0) is 16.6 Å². The first-order chi connectivity index (χ1) is 8.92. The zero-order valence-electron chi connectivity index (χ0n) is 10.5. The molecule has 19 heavy (non-hydrogen) atoms. The van der Waals surface area contributed by atoms with E-state index in [0.717, 1.165) is 4.47 Å². The van der Waals surface area contributed by atoms with Gasteiger partial charge < -0.3 is 4.57 Å². The van der Waals surface area contributed by atoms with Crippen molar-refractivity contribution in [2.45, 2.75) is 25.4 Å². The molecule has 0 fully saturated rings. The summed E-state index contributed by atoms with van der Waals surface area (Å²) in [5, 5.41) is -0.00590. The van der Waals surface area contributed by atoms with E-state index in [9.17, 15) is 8.42 Å². The molecule has 0 aromatic carbocycles. The fourth-order valence-electron chi connectivity index (χ4n) is 1.58. The molecule has 2 rings (SSSR count). The summed E-state index contributed by atoms with van der Waals surface area (Å²) in [4.78, 5) is 7.99. The average Bonchev–Trinajstić information content (AvgIpc) is 2.71. The van der Waals surface area contributed by atoms with Crippen LogP contribution in [0.4, 0.5) is 5.82 Å². The van der Waals surface area contributed by atoms with Gasteiger partial charge in [-0.3, -0.25) is 4.72 Å². The molecule has 0 aliphatic heterocycles. The number of nitrogens with one attached hydrogen (secondary N) is 1. The van der Waals surface area contributed by atoms with Crippen molar-refractivity contribution in [1.82, 2.24) is 14.5 Å². The lowest BCUT2D eigenvalue weighted by Crippen LogP contribution is -2.14. The number of rotatable bonds is 4. The van der Waals surface area contributed by atoms with Crippen molar-refractivity contribution in [3.05, 3.63) is 34.8 Å². The van der Waals surface area contributed by atoms with Gasteiger partial charge in [0.05, 0.1) is 0 Å². The maximum absolute atomic E-state index is 12.2. The first-order valence-electron chi connectivity index (χ1n) is 5.60. The van der Waals surface area contributed by atoms with Crippen LogP contribution >= 0.6 is 15.9 Å². The van der Waals surface area contributed by atoms with Crippen molar-refractivity contribution in [2.24, 2.45) is 0 Å². The van der Waals surface area contributed by atoms with Gasteiger partial charge >= 0.3 is 0 Å². The minimum absolute atomic E-state index is 0.00590. The Morgan fingerprint density at radius 1 is 1.47 bits per heavy atom. The summed E-state index contributed by atoms with van der Waals surface area (Å²) in [6.07, 6.45) is 3.02. The second-order valence-corrected chi connectivity index (χ2v) is 6.42. The van der Waals surface area contributed by atoms with E-state index in [1.54, 1.807) is 23.6 Å². The maximum atomic E-state index is 12.2. The van der Waals surface area contributed by atoms with Gasteiger partial charge in [0.25, 0.3) is 10.0 Å². The summed E-state index contributed by atoms with van der Waals surface area (Å²) < 4.78 is 29.2. The lowest BCUT2D eigenvalue weighted by molar-refractivity contribution is 0.597. The lowest BCUT2D eigenvalue weighted by atomic mass is 10.5. The van der Waals surface area contributed by atoms with E-state index in [4.69, 9.17) is 0 Å². The Hall–Kier alpha value is -1.41. The van der Waals surface area contributed by atoms with Crippen LogP contribution in [0.1, 0.15) is 12.7 Å². The van der Waals surface area contributed by atoms with Gasteiger partial charge in [-0.25, -0.2) is 9.97 Å². The number of nitrogens with zero attached hydrogens (tertiary/aromatic N) is 3. The molecule has 0 bridgehead atoms. The zero-order valence-corrected chi connectivity index (χ0v) is 12.9. The summed E-state index contributed by atoms with van der Waals surface area (Å²) >= 11 is 3.26. The molecule has 2 aromatic heterocycles. The van der Waals surface area contributed by atoms with E-state index in [1.807, 2.05) is 6.92 Å². The molecule has 6 nitrogen and oxygen atoms in total. The minimum atomic E-state index is -3.71. The van der Waals surface area contributed by atoms with Crippen molar-refractivity contribution < 1.29 is 8.42 Å². The molecule has 0 aliphatic carbocycles. The molecule has 0 unspecified atom stereocenters. The largest absolute Gasteiger partial charge is 0.334 e. The fraction of sp³-hybridized carbons (Fsp3) is 0.273. The molecule has 2 aromatic rings. The lowest BCUT2D eigenvalue weighted by Gasteiger charge is -2.04. The Kier molecular flexibility index (Phi) is 3.91. The Labute approximate surface area is 120 Å². The van der Waals surface area contributed by atoms with Crippen molar-refractivity contribution in [3.63, 3.8) is 0 Å². The van der Waals surface area contributed by atoms with Gasteiger partial charge in [0, 0.05) is 23.4 Å². The first-order valence-corrected chi connectivity index (χ1v) is 7.88. The van der Waals surface area contributed by atoms with Gasteiger partial charge in [0.2, 0.25) is 0 Å². The Balaban J connectivity index is 2.32. The van der Waals surface area contributed by atoms with Crippen LogP contribution in [0, 0.1) is 6.92 Å². The summed E-state index contributed by atoms with van der Waals surface area (Å²) in [6, 6.07) is 3.30. The van der Waals surface area contributed by atoms with Gasteiger partial charge in [-0.05, 0) is 26.0 Å². The fourth-order valence-corrected chi connectivity index (χ4v) is 2.92. The van der Waals surface area contributed by atoms with Crippen LogP contribution < -0.4 is 4.72 Å². The molecule has 0 aliphatic rings. The molecule has 0 atom stereocenters. The molecule has 0 saturated heterocycles. The highest BCUT2D eigenvalue weighted by Crippen LogP contribution is 2.17. The van der Waals surface area contributed by atoms with Gasteiger partial charge in [-0.2, -0.15) is 8.42 Å². The summed E-state index contributed by atoms with van der Waals surface area (Å²) in [5.74, 6) is 0.906. The van der Waals surface area contributed by atoms with E-state index < -0.39 is 10.0 Å². The van der Waals surface area contributed by atoms with Crippen LogP contribution in [0.3, 0.4) is 0 Å². The molecule has 0 saturated carbocycles. The van der Waals surface area contributed by atoms with Crippen molar-refractivity contribution in [1.29, 1.82) is 0 Å². The van der Waals surface area contributed by atoms with Gasteiger partial charge in [-0.15, -0.1) is 0 Å². The monoisotopic (exact) mass is 344 g/mol. The highest BCUT2D eigenvalue weighted by atomic mass is 79.9. The predicted molar refractivity (Wildman–Crippen MR) is 75.4 cm³/mol. The summed E-state index contributed by atoms with van der Waals surface area (Å²) in [6.45, 7) is 4.36. The first kappa shape index (κ1) is 14.0. The normalized spacial score (nSPS) is 11.5. The number of aryl methyl sites for hydroxylation is 2. The number of aromatic nitrogens is 3. The molecule has 1 N–H and O–H groups in total. The van der Waals surface area contributed by atoms with Gasteiger partial charge in [0.15, 0.2) is 5.03 Å². The summed E-state index contributed by atoms with van der Waals surface area (Å²) in [5.41, 5.74) is 0. The molecule has 0 spiro atoms. The van der Waals surface area contributed by atoms with Gasteiger partial charge in [-0.1, -0.05) is 15.9 Å². The highest BCUT2D eigenvalue weighted by Gasteiger charge is 2.19. The Morgan fingerprint density at radius 3 is 2.79 bits per heavy atom. The van der Waals surface area contributed by atoms with Crippen molar-refractivity contribution >= 4 is 31.8 Å². The van der Waals surface area contributed by atoms with E-state index in [-0.39, 0.29) is 10.8 Å². The molecule has 0 amide bonds. The Morgan fingerprint density at radius 2 is 2.21 bits per heavy atom. The Bertz CT molecular complexity index is 696. The molecular weight excluding hydrogens is 332 g/mol.